The smallest absolute Gasteiger partial charge is 0.105 e. The van der Waals surface area contributed by atoms with Gasteiger partial charge in [0.15, 0.2) is 0 Å². The molecule has 3 heteroatoms. The van der Waals surface area contributed by atoms with Crippen molar-refractivity contribution in [3.05, 3.63) is 18.2 Å². The van der Waals surface area contributed by atoms with Crippen LogP contribution in [0.1, 0.15) is 26.6 Å². The van der Waals surface area contributed by atoms with Gasteiger partial charge in [-0.3, -0.25) is 0 Å². The molecule has 0 aromatic carbocycles. The molecule has 0 amide bonds. The molecule has 1 aromatic heterocycles. The predicted molar refractivity (Wildman–Crippen MR) is 54.4 cm³/mol. The SMILES string of the molecule is Cc1nccn1C[C@@H](N)C(C)(C)C. The molecular formula is C10H19N3. The lowest BCUT2D eigenvalue weighted by atomic mass is 9.87. The van der Waals surface area contributed by atoms with Crippen LogP contribution in [0.5, 0.6) is 0 Å². The minimum absolute atomic E-state index is 0.150. The topological polar surface area (TPSA) is 43.8 Å². The van der Waals surface area contributed by atoms with Crippen LogP contribution in [0, 0.1) is 12.3 Å². The third-order valence-corrected chi connectivity index (χ3v) is 2.43. The molecule has 0 aliphatic carbocycles. The molecule has 1 atom stereocenters. The maximum absolute atomic E-state index is 6.06. The average molecular weight is 181 g/mol. The van der Waals surface area contributed by atoms with Gasteiger partial charge in [-0.1, -0.05) is 20.8 Å². The van der Waals surface area contributed by atoms with Gasteiger partial charge in [0.25, 0.3) is 0 Å². The summed E-state index contributed by atoms with van der Waals surface area (Å²) in [7, 11) is 0. The predicted octanol–water partition coefficient (Wildman–Crippen LogP) is 1.56. The zero-order chi connectivity index (χ0) is 10.1. The summed E-state index contributed by atoms with van der Waals surface area (Å²) < 4.78 is 2.09. The summed E-state index contributed by atoms with van der Waals surface area (Å²) in [5.41, 5.74) is 6.21. The molecule has 1 heterocycles. The van der Waals surface area contributed by atoms with Crippen LogP contribution in [0.4, 0.5) is 0 Å². The molecule has 0 radical (unpaired) electrons. The first-order valence-corrected chi connectivity index (χ1v) is 4.64. The highest BCUT2D eigenvalue weighted by atomic mass is 15.1. The van der Waals surface area contributed by atoms with Crippen LogP contribution in [0.25, 0.3) is 0 Å². The van der Waals surface area contributed by atoms with E-state index in [1.54, 1.807) is 0 Å². The number of imidazole rings is 1. The second-order valence-electron chi connectivity index (χ2n) is 4.60. The van der Waals surface area contributed by atoms with Crippen molar-refractivity contribution in [3.63, 3.8) is 0 Å². The molecule has 3 nitrogen and oxygen atoms in total. The molecule has 13 heavy (non-hydrogen) atoms. The van der Waals surface area contributed by atoms with Crippen molar-refractivity contribution in [1.82, 2.24) is 9.55 Å². The lowest BCUT2D eigenvalue weighted by Gasteiger charge is -2.27. The number of nitrogens with two attached hydrogens (primary N) is 1. The third kappa shape index (κ3) is 2.56. The number of nitrogens with zero attached hydrogens (tertiary/aromatic N) is 2. The summed E-state index contributed by atoms with van der Waals surface area (Å²) in [5, 5.41) is 0. The highest BCUT2D eigenvalue weighted by Crippen LogP contribution is 2.18. The van der Waals surface area contributed by atoms with Crippen LogP contribution < -0.4 is 5.73 Å². The van der Waals surface area contributed by atoms with Crippen molar-refractivity contribution in [2.45, 2.75) is 40.3 Å². The van der Waals surface area contributed by atoms with Crippen LogP contribution >= 0.6 is 0 Å². The zero-order valence-electron chi connectivity index (χ0n) is 8.91. The fourth-order valence-corrected chi connectivity index (χ4v) is 1.08. The number of hydrogen-bond donors (Lipinski definition) is 1. The summed E-state index contributed by atoms with van der Waals surface area (Å²) in [4.78, 5) is 4.16. The Hall–Kier alpha value is -0.830. The summed E-state index contributed by atoms with van der Waals surface area (Å²) in [6, 6.07) is 0.167. The van der Waals surface area contributed by atoms with Gasteiger partial charge >= 0.3 is 0 Å². The van der Waals surface area contributed by atoms with Crippen molar-refractivity contribution >= 4 is 0 Å². The van der Waals surface area contributed by atoms with E-state index in [2.05, 4.69) is 30.3 Å². The number of aromatic nitrogens is 2. The Labute approximate surface area is 80.0 Å². The van der Waals surface area contributed by atoms with E-state index in [1.807, 2.05) is 19.3 Å². The van der Waals surface area contributed by atoms with Crippen LogP contribution in [0.15, 0.2) is 12.4 Å². The summed E-state index contributed by atoms with van der Waals surface area (Å²) in [6.07, 6.45) is 3.78. The Morgan fingerprint density at radius 2 is 2.15 bits per heavy atom. The Morgan fingerprint density at radius 1 is 1.54 bits per heavy atom. The van der Waals surface area contributed by atoms with Crippen LogP contribution in [0.3, 0.4) is 0 Å². The molecule has 0 unspecified atom stereocenters. The lowest BCUT2D eigenvalue weighted by Crippen LogP contribution is -2.38. The molecular weight excluding hydrogens is 162 g/mol. The Morgan fingerprint density at radius 3 is 2.54 bits per heavy atom. The lowest BCUT2D eigenvalue weighted by molar-refractivity contribution is 0.290. The fraction of sp³-hybridized carbons (Fsp3) is 0.700. The van der Waals surface area contributed by atoms with Crippen molar-refractivity contribution in [3.8, 4) is 0 Å². The average Bonchev–Trinajstić information content (AvgIpc) is 2.34. The van der Waals surface area contributed by atoms with Gasteiger partial charge in [-0.15, -0.1) is 0 Å². The number of rotatable bonds is 2. The van der Waals surface area contributed by atoms with Crippen molar-refractivity contribution in [2.75, 3.05) is 0 Å². The van der Waals surface area contributed by atoms with E-state index in [1.165, 1.54) is 0 Å². The number of hydrogen-bond acceptors (Lipinski definition) is 2. The minimum Gasteiger partial charge on any atom is -0.334 e. The van der Waals surface area contributed by atoms with Gasteiger partial charge in [-0.25, -0.2) is 4.98 Å². The van der Waals surface area contributed by atoms with Crippen LogP contribution in [0.2, 0.25) is 0 Å². The highest BCUT2D eigenvalue weighted by Gasteiger charge is 2.20. The Balaban J connectivity index is 2.65. The van der Waals surface area contributed by atoms with Crippen molar-refractivity contribution in [2.24, 2.45) is 11.1 Å². The minimum atomic E-state index is 0.150. The zero-order valence-corrected chi connectivity index (χ0v) is 8.91. The molecule has 0 saturated heterocycles. The third-order valence-electron chi connectivity index (χ3n) is 2.43. The van der Waals surface area contributed by atoms with Gasteiger partial charge in [0.05, 0.1) is 0 Å². The Bertz CT molecular complexity index is 270. The first-order chi connectivity index (χ1) is 5.91. The van der Waals surface area contributed by atoms with Gasteiger partial charge < -0.3 is 10.3 Å². The van der Waals surface area contributed by atoms with E-state index in [-0.39, 0.29) is 11.5 Å². The van der Waals surface area contributed by atoms with Gasteiger partial charge in [-0.05, 0) is 12.3 Å². The molecule has 2 N–H and O–H groups in total. The summed E-state index contributed by atoms with van der Waals surface area (Å²) >= 11 is 0. The van der Waals surface area contributed by atoms with E-state index in [4.69, 9.17) is 5.73 Å². The molecule has 0 bridgehead atoms. The van der Waals surface area contributed by atoms with Crippen molar-refractivity contribution < 1.29 is 0 Å². The number of aryl methyl sites for hydroxylation is 1. The molecule has 0 spiro atoms. The Kier molecular flexibility index (Phi) is 2.76. The molecule has 1 aromatic rings. The van der Waals surface area contributed by atoms with E-state index >= 15 is 0 Å². The van der Waals surface area contributed by atoms with Gasteiger partial charge in [0.1, 0.15) is 5.82 Å². The quantitative estimate of drug-likeness (QED) is 0.752. The normalized spacial score (nSPS) is 14.5. The summed E-state index contributed by atoms with van der Waals surface area (Å²) in [6.45, 7) is 9.31. The van der Waals surface area contributed by atoms with E-state index in [9.17, 15) is 0 Å². The molecule has 0 saturated carbocycles. The first kappa shape index (κ1) is 10.3. The second kappa shape index (κ2) is 3.50. The summed E-state index contributed by atoms with van der Waals surface area (Å²) in [5.74, 6) is 1.03. The molecule has 74 valence electrons. The first-order valence-electron chi connectivity index (χ1n) is 4.64. The largest absolute Gasteiger partial charge is 0.334 e. The van der Waals surface area contributed by atoms with Gasteiger partial charge in [0, 0.05) is 25.0 Å². The van der Waals surface area contributed by atoms with Crippen LogP contribution in [-0.2, 0) is 6.54 Å². The van der Waals surface area contributed by atoms with Crippen LogP contribution in [-0.4, -0.2) is 15.6 Å². The highest BCUT2D eigenvalue weighted by molar-refractivity contribution is 4.91. The fourth-order valence-electron chi connectivity index (χ4n) is 1.08. The molecule has 0 fully saturated rings. The van der Waals surface area contributed by atoms with Gasteiger partial charge in [-0.2, -0.15) is 0 Å². The van der Waals surface area contributed by atoms with E-state index < -0.39 is 0 Å². The standard InChI is InChI=1S/C10H19N3/c1-8-12-5-6-13(8)7-9(11)10(2,3)4/h5-6,9H,7,11H2,1-4H3/t9-/m1/s1. The van der Waals surface area contributed by atoms with Gasteiger partial charge in [0.2, 0.25) is 0 Å². The molecule has 1 rings (SSSR count). The monoisotopic (exact) mass is 181 g/mol. The maximum Gasteiger partial charge on any atom is 0.105 e. The maximum atomic E-state index is 6.06. The van der Waals surface area contributed by atoms with Crippen molar-refractivity contribution in [1.29, 1.82) is 0 Å². The van der Waals surface area contributed by atoms with E-state index in [0.29, 0.717) is 0 Å². The molecule has 0 aliphatic rings. The van der Waals surface area contributed by atoms with E-state index in [0.717, 1.165) is 12.4 Å². The molecule has 0 aliphatic heterocycles. The second-order valence-corrected chi connectivity index (χ2v) is 4.60.